The third-order valence-corrected chi connectivity index (χ3v) is 4.76. The molecule has 0 spiro atoms. The Hall–Kier alpha value is -1.69. The molecule has 3 rings (SSSR count). The summed E-state index contributed by atoms with van der Waals surface area (Å²) in [5.74, 6) is 0. The van der Waals surface area contributed by atoms with E-state index in [1.54, 1.807) is 7.11 Å². The molecule has 2 heterocycles. The van der Waals surface area contributed by atoms with E-state index in [1.807, 2.05) is 36.4 Å². The van der Waals surface area contributed by atoms with Crippen molar-refractivity contribution in [3.63, 3.8) is 0 Å². The minimum absolute atomic E-state index is 0.104. The van der Waals surface area contributed by atoms with Gasteiger partial charge in [0.2, 0.25) is 0 Å². The van der Waals surface area contributed by atoms with E-state index >= 15 is 0 Å². The van der Waals surface area contributed by atoms with Crippen LogP contribution in [-0.2, 0) is 14.2 Å². The molecule has 2 aliphatic heterocycles. The summed E-state index contributed by atoms with van der Waals surface area (Å²) < 4.78 is 17.7. The predicted molar refractivity (Wildman–Crippen MR) is 98.5 cm³/mol. The van der Waals surface area contributed by atoms with Gasteiger partial charge in [-0.1, -0.05) is 36.4 Å². The normalized spacial score (nSPS) is 31.4. The molecule has 4 atom stereocenters. The van der Waals surface area contributed by atoms with E-state index < -0.39 is 0 Å². The highest BCUT2D eigenvalue weighted by atomic mass is 16.7. The summed E-state index contributed by atoms with van der Waals surface area (Å²) in [6.07, 6.45) is 4.27. The zero-order valence-corrected chi connectivity index (χ0v) is 15.1. The summed E-state index contributed by atoms with van der Waals surface area (Å²) in [7, 11) is 1.74. The van der Waals surface area contributed by atoms with Crippen molar-refractivity contribution in [1.82, 2.24) is 5.01 Å². The average molecular weight is 344 g/mol. The van der Waals surface area contributed by atoms with Crippen LogP contribution < -0.4 is 0 Å². The number of benzene rings is 1. The first-order chi connectivity index (χ1) is 12.2. The molecule has 0 amide bonds. The maximum Gasteiger partial charge on any atom is 0.185 e. The van der Waals surface area contributed by atoms with Crippen LogP contribution in [0.4, 0.5) is 0 Å². The second kappa shape index (κ2) is 8.61. The van der Waals surface area contributed by atoms with E-state index in [2.05, 4.69) is 18.5 Å². The molecule has 2 saturated heterocycles. The highest BCUT2D eigenvalue weighted by Gasteiger charge is 2.35. The second-order valence-corrected chi connectivity index (χ2v) is 6.61. The van der Waals surface area contributed by atoms with Gasteiger partial charge in [0.1, 0.15) is 12.2 Å². The Morgan fingerprint density at radius 1 is 1.32 bits per heavy atom. The summed E-state index contributed by atoms with van der Waals surface area (Å²) in [5.41, 5.74) is 1.97. The van der Waals surface area contributed by atoms with Crippen LogP contribution in [0, 0.1) is 0 Å². The molecule has 5 heteroatoms. The minimum atomic E-state index is -0.367. The number of nitrogens with zero attached hydrogens (tertiary/aromatic N) is 2. The SMILES string of the molecule is C=CC[C@H]1O[C@@H](c2ccccc2)O[C@H](C)/C1=N\N1CCC[C@@H]1COC. The molecule has 0 aromatic heterocycles. The van der Waals surface area contributed by atoms with Gasteiger partial charge < -0.3 is 14.2 Å². The molecule has 0 saturated carbocycles. The average Bonchev–Trinajstić information content (AvgIpc) is 3.06. The largest absolute Gasteiger partial charge is 0.382 e. The summed E-state index contributed by atoms with van der Waals surface area (Å²) in [5, 5.41) is 7.06. The van der Waals surface area contributed by atoms with Gasteiger partial charge in [-0.05, 0) is 26.2 Å². The zero-order chi connectivity index (χ0) is 17.6. The Morgan fingerprint density at radius 3 is 2.84 bits per heavy atom. The maximum absolute atomic E-state index is 6.22. The molecule has 0 bridgehead atoms. The van der Waals surface area contributed by atoms with Crippen LogP contribution in [0.15, 0.2) is 48.1 Å². The molecule has 0 aliphatic carbocycles. The Kier molecular flexibility index (Phi) is 6.24. The summed E-state index contributed by atoms with van der Waals surface area (Å²) in [6.45, 7) is 7.58. The summed E-state index contributed by atoms with van der Waals surface area (Å²) in [4.78, 5) is 0. The zero-order valence-electron chi connectivity index (χ0n) is 15.1. The first kappa shape index (κ1) is 18.1. The Labute approximate surface area is 150 Å². The molecule has 5 nitrogen and oxygen atoms in total. The second-order valence-electron chi connectivity index (χ2n) is 6.61. The fourth-order valence-electron chi connectivity index (χ4n) is 3.47. The molecule has 136 valence electrons. The van der Waals surface area contributed by atoms with E-state index in [-0.39, 0.29) is 18.5 Å². The van der Waals surface area contributed by atoms with Gasteiger partial charge in [0.05, 0.1) is 18.4 Å². The molecule has 0 radical (unpaired) electrons. The molecule has 1 aromatic carbocycles. The maximum atomic E-state index is 6.22. The fraction of sp³-hybridized carbons (Fsp3) is 0.550. The van der Waals surface area contributed by atoms with Crippen molar-refractivity contribution in [2.45, 2.75) is 50.7 Å². The molecule has 0 N–H and O–H groups in total. The van der Waals surface area contributed by atoms with Crippen LogP contribution in [0.1, 0.15) is 38.0 Å². The number of rotatable bonds is 6. The van der Waals surface area contributed by atoms with Crippen molar-refractivity contribution in [2.75, 3.05) is 20.3 Å². The molecular weight excluding hydrogens is 316 g/mol. The number of hydrogen-bond donors (Lipinski definition) is 0. The quantitative estimate of drug-likeness (QED) is 0.741. The third-order valence-electron chi connectivity index (χ3n) is 4.76. The van der Waals surface area contributed by atoms with Gasteiger partial charge in [0.15, 0.2) is 6.29 Å². The number of ether oxygens (including phenoxy) is 3. The van der Waals surface area contributed by atoms with Gasteiger partial charge in [0, 0.05) is 19.2 Å². The Bertz CT molecular complexity index is 590. The van der Waals surface area contributed by atoms with Crippen LogP contribution in [0.3, 0.4) is 0 Å². The van der Waals surface area contributed by atoms with Crippen LogP contribution in [0.25, 0.3) is 0 Å². The van der Waals surface area contributed by atoms with Crippen molar-refractivity contribution in [3.05, 3.63) is 48.6 Å². The number of hydrogen-bond acceptors (Lipinski definition) is 5. The molecule has 1 aromatic rings. The lowest BCUT2D eigenvalue weighted by atomic mass is 10.0. The summed E-state index contributed by atoms with van der Waals surface area (Å²) >= 11 is 0. The highest BCUT2D eigenvalue weighted by molar-refractivity contribution is 5.93. The van der Waals surface area contributed by atoms with E-state index in [9.17, 15) is 0 Å². The third kappa shape index (κ3) is 4.29. The monoisotopic (exact) mass is 344 g/mol. The molecular formula is C20H28N2O3. The first-order valence-corrected chi connectivity index (χ1v) is 9.03. The number of methoxy groups -OCH3 is 1. The van der Waals surface area contributed by atoms with Gasteiger partial charge in [-0.2, -0.15) is 5.10 Å². The minimum Gasteiger partial charge on any atom is -0.382 e. The van der Waals surface area contributed by atoms with E-state index in [0.717, 1.165) is 37.1 Å². The van der Waals surface area contributed by atoms with Crippen molar-refractivity contribution >= 4 is 5.71 Å². The van der Waals surface area contributed by atoms with Gasteiger partial charge in [-0.15, -0.1) is 6.58 Å². The van der Waals surface area contributed by atoms with Crippen LogP contribution in [-0.4, -0.2) is 49.2 Å². The topological polar surface area (TPSA) is 43.3 Å². The summed E-state index contributed by atoms with van der Waals surface area (Å²) in [6, 6.07) is 10.4. The Morgan fingerprint density at radius 2 is 2.12 bits per heavy atom. The Balaban J connectivity index is 1.79. The molecule has 0 unspecified atom stereocenters. The smallest absolute Gasteiger partial charge is 0.185 e. The lowest BCUT2D eigenvalue weighted by Crippen LogP contribution is -2.44. The number of hydrazone groups is 1. The highest BCUT2D eigenvalue weighted by Crippen LogP contribution is 2.31. The van der Waals surface area contributed by atoms with Gasteiger partial charge in [-0.3, -0.25) is 5.01 Å². The first-order valence-electron chi connectivity index (χ1n) is 9.03. The van der Waals surface area contributed by atoms with Crippen molar-refractivity contribution in [1.29, 1.82) is 0 Å². The van der Waals surface area contributed by atoms with Crippen molar-refractivity contribution in [3.8, 4) is 0 Å². The standard InChI is InChI=1S/C20H28N2O3/c1-4-9-18-19(21-22-13-8-12-17(22)14-23-3)15(2)24-20(25-18)16-10-6-5-7-11-16/h4-7,10-11,15,17-18,20H,1,8-9,12-14H2,2-3H3/b21-19+/t15-,17-,18-,20+/m1/s1. The van der Waals surface area contributed by atoms with E-state index in [4.69, 9.17) is 19.3 Å². The van der Waals surface area contributed by atoms with Gasteiger partial charge in [-0.25, -0.2) is 0 Å². The van der Waals surface area contributed by atoms with Crippen LogP contribution in [0.5, 0.6) is 0 Å². The lowest BCUT2D eigenvalue weighted by Gasteiger charge is -2.36. The molecule has 2 fully saturated rings. The lowest BCUT2D eigenvalue weighted by molar-refractivity contribution is -0.193. The van der Waals surface area contributed by atoms with E-state index in [0.29, 0.717) is 12.6 Å². The van der Waals surface area contributed by atoms with Crippen molar-refractivity contribution in [2.24, 2.45) is 5.10 Å². The fourth-order valence-corrected chi connectivity index (χ4v) is 3.47. The molecule has 25 heavy (non-hydrogen) atoms. The van der Waals surface area contributed by atoms with Crippen LogP contribution in [0.2, 0.25) is 0 Å². The van der Waals surface area contributed by atoms with Gasteiger partial charge in [0.25, 0.3) is 0 Å². The van der Waals surface area contributed by atoms with Crippen molar-refractivity contribution < 1.29 is 14.2 Å². The predicted octanol–water partition coefficient (Wildman–Crippen LogP) is 3.53. The van der Waals surface area contributed by atoms with Gasteiger partial charge >= 0.3 is 0 Å². The molecule has 2 aliphatic rings. The van der Waals surface area contributed by atoms with E-state index in [1.165, 1.54) is 0 Å². The van der Waals surface area contributed by atoms with Crippen LogP contribution >= 0.6 is 0 Å².